The average Bonchev–Trinajstić information content (AvgIpc) is 2.57. The van der Waals surface area contributed by atoms with Crippen molar-refractivity contribution in [2.75, 3.05) is 25.4 Å². The molecule has 0 aromatic heterocycles. The van der Waals surface area contributed by atoms with Crippen LogP contribution >= 0.6 is 0 Å². The number of nitrogens with zero attached hydrogens (tertiary/aromatic N) is 1. The van der Waals surface area contributed by atoms with E-state index in [9.17, 15) is 8.42 Å². The molecule has 0 radical (unpaired) electrons. The second-order valence-corrected chi connectivity index (χ2v) is 6.13. The highest BCUT2D eigenvalue weighted by Gasteiger charge is 2.37. The van der Waals surface area contributed by atoms with Gasteiger partial charge in [0.25, 0.3) is 0 Å². The number of nitrogens with two attached hydrogens (primary N) is 1. The first-order valence-corrected chi connectivity index (χ1v) is 6.94. The smallest absolute Gasteiger partial charge is 0.214 e. The zero-order valence-electron chi connectivity index (χ0n) is 9.09. The molecule has 6 heteroatoms. The molecule has 2 atom stereocenters. The minimum Gasteiger partial charge on any atom is -0.395 e. The summed E-state index contributed by atoms with van der Waals surface area (Å²) in [6.45, 7) is 2.79. The van der Waals surface area contributed by atoms with Crippen molar-refractivity contribution in [3.8, 4) is 0 Å². The summed E-state index contributed by atoms with van der Waals surface area (Å²) in [5.74, 6) is 0.329. The maximum atomic E-state index is 11.9. The van der Waals surface area contributed by atoms with E-state index in [2.05, 4.69) is 0 Å². The molecule has 3 N–H and O–H groups in total. The summed E-state index contributed by atoms with van der Waals surface area (Å²) < 4.78 is 25.2. The molecule has 0 aromatic carbocycles. The number of rotatable bonds is 5. The van der Waals surface area contributed by atoms with Crippen LogP contribution in [0.5, 0.6) is 0 Å². The van der Waals surface area contributed by atoms with Crippen LogP contribution in [0.25, 0.3) is 0 Å². The van der Waals surface area contributed by atoms with Crippen molar-refractivity contribution in [3.63, 3.8) is 0 Å². The summed E-state index contributed by atoms with van der Waals surface area (Å²) in [7, 11) is -3.22. The fourth-order valence-corrected chi connectivity index (χ4v) is 3.81. The van der Waals surface area contributed by atoms with Crippen molar-refractivity contribution < 1.29 is 13.5 Å². The van der Waals surface area contributed by atoms with Crippen LogP contribution in [0, 0.1) is 5.92 Å². The molecule has 1 aliphatic rings. The lowest BCUT2D eigenvalue weighted by Gasteiger charge is -2.24. The number of aliphatic hydroxyl groups is 1. The Morgan fingerprint density at radius 2 is 2.20 bits per heavy atom. The highest BCUT2D eigenvalue weighted by atomic mass is 32.2. The van der Waals surface area contributed by atoms with Crippen LogP contribution in [0.15, 0.2) is 0 Å². The Bertz CT molecular complexity index is 292. The summed E-state index contributed by atoms with van der Waals surface area (Å²) >= 11 is 0. The minimum atomic E-state index is -3.22. The van der Waals surface area contributed by atoms with Gasteiger partial charge in [-0.05, 0) is 25.3 Å². The van der Waals surface area contributed by atoms with Gasteiger partial charge in [-0.3, -0.25) is 0 Å². The van der Waals surface area contributed by atoms with Crippen molar-refractivity contribution in [2.45, 2.75) is 25.8 Å². The molecule has 0 aliphatic carbocycles. The fourth-order valence-electron chi connectivity index (χ4n) is 1.97. The summed E-state index contributed by atoms with van der Waals surface area (Å²) in [5, 5.41) is 9.16. The lowest BCUT2D eigenvalue weighted by atomic mass is 10.0. The first-order chi connectivity index (χ1) is 7.03. The third-order valence-corrected chi connectivity index (χ3v) is 4.95. The van der Waals surface area contributed by atoms with Crippen molar-refractivity contribution in [3.05, 3.63) is 0 Å². The van der Waals surface area contributed by atoms with E-state index in [4.69, 9.17) is 10.8 Å². The maximum absolute atomic E-state index is 11.9. The van der Waals surface area contributed by atoms with Crippen LogP contribution in [0.1, 0.15) is 19.8 Å². The maximum Gasteiger partial charge on any atom is 0.214 e. The Morgan fingerprint density at radius 3 is 2.73 bits per heavy atom. The molecule has 1 saturated heterocycles. The molecule has 2 unspecified atom stereocenters. The van der Waals surface area contributed by atoms with E-state index in [1.807, 2.05) is 6.92 Å². The summed E-state index contributed by atoms with van der Waals surface area (Å²) in [6.07, 6.45) is 1.30. The van der Waals surface area contributed by atoms with E-state index < -0.39 is 10.0 Å². The van der Waals surface area contributed by atoms with Gasteiger partial charge < -0.3 is 10.8 Å². The third kappa shape index (κ3) is 2.90. The van der Waals surface area contributed by atoms with Crippen molar-refractivity contribution in [1.82, 2.24) is 4.31 Å². The molecular weight excluding hydrogens is 216 g/mol. The first-order valence-electron chi connectivity index (χ1n) is 5.33. The highest BCUT2D eigenvalue weighted by Crippen LogP contribution is 2.26. The van der Waals surface area contributed by atoms with Gasteiger partial charge in [0.15, 0.2) is 0 Å². The molecule has 1 fully saturated rings. The topological polar surface area (TPSA) is 83.6 Å². The fraction of sp³-hybridized carbons (Fsp3) is 1.00. The molecule has 0 amide bonds. The van der Waals surface area contributed by atoms with Gasteiger partial charge >= 0.3 is 0 Å². The average molecular weight is 236 g/mol. The van der Waals surface area contributed by atoms with E-state index in [0.717, 1.165) is 6.42 Å². The van der Waals surface area contributed by atoms with Gasteiger partial charge in [0.2, 0.25) is 10.0 Å². The predicted octanol–water partition coefficient (Wildman–Crippen LogP) is -0.632. The van der Waals surface area contributed by atoms with Gasteiger partial charge in [0.1, 0.15) is 0 Å². The van der Waals surface area contributed by atoms with Crippen LogP contribution in [-0.4, -0.2) is 49.3 Å². The molecule has 90 valence electrons. The molecule has 1 aliphatic heterocycles. The van der Waals surface area contributed by atoms with Gasteiger partial charge in [0.05, 0.1) is 18.4 Å². The lowest BCUT2D eigenvalue weighted by Crippen LogP contribution is -2.41. The monoisotopic (exact) mass is 236 g/mol. The SMILES string of the molecule is CC1CCN(S(=O)(=O)CCCN)C1CO. The molecule has 5 nitrogen and oxygen atoms in total. The van der Waals surface area contributed by atoms with Crippen molar-refractivity contribution >= 4 is 10.0 Å². The molecule has 0 saturated carbocycles. The second kappa shape index (κ2) is 5.25. The van der Waals surface area contributed by atoms with E-state index in [0.29, 0.717) is 19.5 Å². The largest absolute Gasteiger partial charge is 0.395 e. The van der Waals surface area contributed by atoms with Crippen LogP contribution in [-0.2, 0) is 10.0 Å². The molecule has 1 rings (SSSR count). The normalized spacial score (nSPS) is 28.5. The van der Waals surface area contributed by atoms with Gasteiger partial charge in [-0.1, -0.05) is 6.92 Å². The number of hydrogen-bond acceptors (Lipinski definition) is 4. The summed E-state index contributed by atoms with van der Waals surface area (Å²) in [4.78, 5) is 0. The van der Waals surface area contributed by atoms with E-state index in [1.54, 1.807) is 0 Å². The predicted molar refractivity (Wildman–Crippen MR) is 58.8 cm³/mol. The van der Waals surface area contributed by atoms with E-state index in [-0.39, 0.29) is 24.3 Å². The third-order valence-electron chi connectivity index (χ3n) is 2.98. The second-order valence-electron chi connectivity index (χ2n) is 4.08. The zero-order valence-corrected chi connectivity index (χ0v) is 9.91. The standard InChI is InChI=1S/C9H20N2O3S/c1-8-3-5-11(9(8)7-12)15(13,14)6-2-4-10/h8-9,12H,2-7,10H2,1H3. The Labute approximate surface area is 91.3 Å². The number of aliphatic hydroxyl groups excluding tert-OH is 1. The Morgan fingerprint density at radius 1 is 1.53 bits per heavy atom. The number of hydrogen-bond donors (Lipinski definition) is 2. The minimum absolute atomic E-state index is 0.0900. The highest BCUT2D eigenvalue weighted by molar-refractivity contribution is 7.89. The quantitative estimate of drug-likeness (QED) is 0.665. The van der Waals surface area contributed by atoms with Crippen LogP contribution in [0.2, 0.25) is 0 Å². The molecule has 0 spiro atoms. The van der Waals surface area contributed by atoms with Gasteiger partial charge in [0, 0.05) is 6.54 Å². The van der Waals surface area contributed by atoms with E-state index in [1.165, 1.54) is 4.31 Å². The summed E-state index contributed by atoms with van der Waals surface area (Å²) in [5.41, 5.74) is 5.30. The number of sulfonamides is 1. The van der Waals surface area contributed by atoms with E-state index >= 15 is 0 Å². The van der Waals surface area contributed by atoms with Crippen LogP contribution in [0.4, 0.5) is 0 Å². The Balaban J connectivity index is 2.70. The molecular formula is C9H20N2O3S. The first kappa shape index (κ1) is 12.9. The molecule has 0 bridgehead atoms. The molecule has 1 heterocycles. The van der Waals surface area contributed by atoms with Gasteiger partial charge in [-0.25, -0.2) is 8.42 Å². The summed E-state index contributed by atoms with van der Waals surface area (Å²) in [6, 6.07) is -0.243. The van der Waals surface area contributed by atoms with Crippen molar-refractivity contribution in [2.24, 2.45) is 11.7 Å². The zero-order chi connectivity index (χ0) is 11.5. The van der Waals surface area contributed by atoms with Crippen LogP contribution in [0.3, 0.4) is 0 Å². The Hall–Kier alpha value is -0.170. The van der Waals surface area contributed by atoms with Gasteiger partial charge in [-0.2, -0.15) is 4.31 Å². The Kier molecular flexibility index (Phi) is 4.51. The molecule has 15 heavy (non-hydrogen) atoms. The van der Waals surface area contributed by atoms with Crippen molar-refractivity contribution in [1.29, 1.82) is 0 Å². The van der Waals surface area contributed by atoms with Crippen LogP contribution < -0.4 is 5.73 Å². The molecule has 0 aromatic rings. The lowest BCUT2D eigenvalue weighted by molar-refractivity contribution is 0.191. The van der Waals surface area contributed by atoms with Gasteiger partial charge in [-0.15, -0.1) is 0 Å².